The lowest BCUT2D eigenvalue weighted by Gasteiger charge is -2.27. The second-order valence-electron chi connectivity index (χ2n) is 7.87. The van der Waals surface area contributed by atoms with Gasteiger partial charge in [0, 0.05) is 36.8 Å². The molecule has 1 aromatic carbocycles. The number of thiophene rings is 1. The molecule has 8 heteroatoms. The zero-order chi connectivity index (χ0) is 22.0. The number of ether oxygens (including phenoxy) is 1. The monoisotopic (exact) mass is 438 g/mol. The van der Waals surface area contributed by atoms with Crippen LogP contribution in [0.5, 0.6) is 0 Å². The fourth-order valence-corrected chi connectivity index (χ4v) is 5.03. The Morgan fingerprint density at radius 2 is 2.00 bits per heavy atom. The van der Waals surface area contributed by atoms with Crippen molar-refractivity contribution in [2.24, 2.45) is 0 Å². The van der Waals surface area contributed by atoms with Crippen molar-refractivity contribution in [1.29, 1.82) is 0 Å². The van der Waals surface area contributed by atoms with Crippen molar-refractivity contribution >= 4 is 28.2 Å². The van der Waals surface area contributed by atoms with Crippen molar-refractivity contribution in [3.8, 4) is 0 Å². The van der Waals surface area contributed by atoms with Gasteiger partial charge in [-0.05, 0) is 37.5 Å². The number of fused-ring (bicyclic) bond motifs is 1. The molecule has 3 heterocycles. The summed E-state index contributed by atoms with van der Waals surface area (Å²) in [6.45, 7) is 6.42. The third-order valence-electron chi connectivity index (χ3n) is 5.37. The first-order valence-electron chi connectivity index (χ1n) is 10.3. The van der Waals surface area contributed by atoms with Crippen molar-refractivity contribution in [1.82, 2.24) is 14.7 Å². The van der Waals surface area contributed by atoms with E-state index in [0.29, 0.717) is 16.3 Å². The third kappa shape index (κ3) is 4.55. The van der Waals surface area contributed by atoms with E-state index in [4.69, 9.17) is 4.74 Å². The Morgan fingerprint density at radius 3 is 2.68 bits per heavy atom. The number of esters is 1. The number of rotatable bonds is 6. The number of aromatic nitrogens is 2. The molecule has 0 radical (unpaired) electrons. The van der Waals surface area contributed by atoms with Gasteiger partial charge >= 0.3 is 5.97 Å². The van der Waals surface area contributed by atoms with Gasteiger partial charge in [-0.25, -0.2) is 4.79 Å². The summed E-state index contributed by atoms with van der Waals surface area (Å²) >= 11 is 1.45. The number of methoxy groups -OCH3 is 1. The van der Waals surface area contributed by atoms with E-state index in [1.807, 2.05) is 32.0 Å². The number of carbonyl (C=O) groups is 2. The van der Waals surface area contributed by atoms with E-state index in [0.717, 1.165) is 36.5 Å². The van der Waals surface area contributed by atoms with Crippen LogP contribution in [0.1, 0.15) is 56.7 Å². The largest absolute Gasteiger partial charge is 0.465 e. The van der Waals surface area contributed by atoms with E-state index >= 15 is 0 Å². The zero-order valence-corrected chi connectivity index (χ0v) is 18.7. The van der Waals surface area contributed by atoms with Crippen LogP contribution in [0.15, 0.2) is 42.6 Å². The summed E-state index contributed by atoms with van der Waals surface area (Å²) in [6.07, 6.45) is 2.52. The number of carbonyl (C=O) groups excluding carboxylic acids is 2. The maximum absolute atomic E-state index is 12.8. The molecule has 0 aliphatic carbocycles. The van der Waals surface area contributed by atoms with Gasteiger partial charge in [-0.2, -0.15) is 5.10 Å². The molecule has 3 aromatic rings. The molecule has 4 rings (SSSR count). The molecule has 1 amide bonds. The van der Waals surface area contributed by atoms with Gasteiger partial charge in [0.2, 0.25) is 0 Å². The SMILES string of the molecule is COC(=O)c1c(NC(=O)c2ccn(C(C)C)n2)sc2c1CCN(Cc1ccccc1)C2. The molecule has 1 aliphatic heterocycles. The van der Waals surface area contributed by atoms with Crippen LogP contribution in [-0.2, 0) is 24.2 Å². The Morgan fingerprint density at radius 1 is 1.23 bits per heavy atom. The predicted molar refractivity (Wildman–Crippen MR) is 120 cm³/mol. The number of benzene rings is 1. The fourth-order valence-electron chi connectivity index (χ4n) is 3.75. The molecule has 2 aromatic heterocycles. The maximum Gasteiger partial charge on any atom is 0.341 e. The van der Waals surface area contributed by atoms with Gasteiger partial charge in [-0.3, -0.25) is 14.4 Å². The molecular weight excluding hydrogens is 412 g/mol. The highest BCUT2D eigenvalue weighted by molar-refractivity contribution is 7.17. The van der Waals surface area contributed by atoms with Gasteiger partial charge in [-0.1, -0.05) is 30.3 Å². The Labute approximate surface area is 185 Å². The fraction of sp³-hybridized carbons (Fsp3) is 0.348. The molecule has 31 heavy (non-hydrogen) atoms. The van der Waals surface area contributed by atoms with Crippen LogP contribution >= 0.6 is 11.3 Å². The highest BCUT2D eigenvalue weighted by Gasteiger charge is 2.29. The first kappa shape index (κ1) is 21.3. The van der Waals surface area contributed by atoms with Gasteiger partial charge in [0.25, 0.3) is 5.91 Å². The Balaban J connectivity index is 1.57. The van der Waals surface area contributed by atoms with Gasteiger partial charge in [-0.15, -0.1) is 11.3 Å². The maximum atomic E-state index is 12.8. The second-order valence-corrected chi connectivity index (χ2v) is 8.98. The topological polar surface area (TPSA) is 76.5 Å². The molecule has 0 saturated heterocycles. The van der Waals surface area contributed by atoms with Crippen LogP contribution < -0.4 is 5.32 Å². The first-order chi connectivity index (χ1) is 15.0. The summed E-state index contributed by atoms with van der Waals surface area (Å²) in [6, 6.07) is 12.2. The molecule has 0 unspecified atom stereocenters. The van der Waals surface area contributed by atoms with Crippen molar-refractivity contribution in [2.45, 2.75) is 39.4 Å². The molecule has 162 valence electrons. The number of hydrogen-bond donors (Lipinski definition) is 1. The molecule has 7 nitrogen and oxygen atoms in total. The summed E-state index contributed by atoms with van der Waals surface area (Å²) in [5, 5.41) is 7.76. The normalized spacial score (nSPS) is 13.8. The number of anilines is 1. The number of amides is 1. The minimum absolute atomic E-state index is 0.164. The zero-order valence-electron chi connectivity index (χ0n) is 17.9. The van der Waals surface area contributed by atoms with Gasteiger partial charge in [0.15, 0.2) is 5.69 Å². The van der Waals surface area contributed by atoms with Gasteiger partial charge in [0.1, 0.15) is 5.00 Å². The lowest BCUT2D eigenvalue weighted by Crippen LogP contribution is -2.29. The van der Waals surface area contributed by atoms with Gasteiger partial charge in [0.05, 0.1) is 12.7 Å². The summed E-state index contributed by atoms with van der Waals surface area (Å²) in [4.78, 5) is 28.8. The van der Waals surface area contributed by atoms with E-state index in [1.165, 1.54) is 24.0 Å². The van der Waals surface area contributed by atoms with Crippen LogP contribution in [0.25, 0.3) is 0 Å². The number of nitrogens with zero attached hydrogens (tertiary/aromatic N) is 3. The molecule has 1 aliphatic rings. The van der Waals surface area contributed by atoms with Crippen LogP contribution in [0.3, 0.4) is 0 Å². The molecule has 0 atom stereocenters. The van der Waals surface area contributed by atoms with E-state index in [2.05, 4.69) is 27.4 Å². The van der Waals surface area contributed by atoms with Crippen molar-refractivity contribution in [2.75, 3.05) is 19.0 Å². The summed E-state index contributed by atoms with van der Waals surface area (Å²) in [5.41, 5.74) is 3.02. The van der Waals surface area contributed by atoms with E-state index in [9.17, 15) is 9.59 Å². The standard InChI is InChI=1S/C23H26N4O3S/c1-15(2)27-12-10-18(25-27)21(28)24-22-20(23(29)30-3)17-9-11-26(14-19(17)31-22)13-16-7-5-4-6-8-16/h4-8,10,12,15H,9,11,13-14H2,1-3H3,(H,24,28). The van der Waals surface area contributed by atoms with E-state index < -0.39 is 5.97 Å². The molecule has 0 bridgehead atoms. The van der Waals surface area contributed by atoms with Crippen LogP contribution in [0, 0.1) is 0 Å². The average molecular weight is 439 g/mol. The lowest BCUT2D eigenvalue weighted by molar-refractivity contribution is 0.0600. The number of hydrogen-bond acceptors (Lipinski definition) is 6. The van der Waals surface area contributed by atoms with Crippen molar-refractivity contribution in [3.63, 3.8) is 0 Å². The molecule has 0 spiro atoms. The lowest BCUT2D eigenvalue weighted by atomic mass is 10.0. The van der Waals surface area contributed by atoms with Crippen molar-refractivity contribution in [3.05, 3.63) is 69.9 Å². The predicted octanol–water partition coefficient (Wildman–Crippen LogP) is 4.12. The van der Waals surface area contributed by atoms with Crippen LogP contribution in [-0.4, -0.2) is 40.2 Å². The minimum atomic E-state index is -0.419. The average Bonchev–Trinajstić information content (AvgIpc) is 3.39. The first-order valence-corrected chi connectivity index (χ1v) is 11.1. The Bertz CT molecular complexity index is 1090. The summed E-state index contributed by atoms with van der Waals surface area (Å²) in [5.74, 6) is -0.749. The second kappa shape index (κ2) is 9.03. The Kier molecular flexibility index (Phi) is 6.20. The smallest absolute Gasteiger partial charge is 0.341 e. The molecule has 0 fully saturated rings. The quantitative estimate of drug-likeness (QED) is 0.586. The van der Waals surface area contributed by atoms with E-state index in [-0.39, 0.29) is 11.9 Å². The third-order valence-corrected chi connectivity index (χ3v) is 6.50. The molecule has 0 saturated carbocycles. The Hall–Kier alpha value is -2.97. The molecular formula is C23H26N4O3S. The highest BCUT2D eigenvalue weighted by atomic mass is 32.1. The van der Waals surface area contributed by atoms with E-state index in [1.54, 1.807) is 16.9 Å². The van der Waals surface area contributed by atoms with Crippen LogP contribution in [0.2, 0.25) is 0 Å². The highest BCUT2D eigenvalue weighted by Crippen LogP contribution is 2.38. The molecule has 1 N–H and O–H groups in total. The van der Waals surface area contributed by atoms with Crippen LogP contribution in [0.4, 0.5) is 5.00 Å². The summed E-state index contributed by atoms with van der Waals surface area (Å²) < 4.78 is 6.76. The number of nitrogens with one attached hydrogen (secondary N) is 1. The minimum Gasteiger partial charge on any atom is -0.465 e. The summed E-state index contributed by atoms with van der Waals surface area (Å²) in [7, 11) is 1.37. The van der Waals surface area contributed by atoms with Crippen molar-refractivity contribution < 1.29 is 14.3 Å². The van der Waals surface area contributed by atoms with Gasteiger partial charge < -0.3 is 10.1 Å².